The Kier molecular flexibility index (Phi) is 4.31. The van der Waals surface area contributed by atoms with E-state index in [0.29, 0.717) is 11.8 Å². The third kappa shape index (κ3) is 3.07. The Balaban J connectivity index is 1.92. The largest absolute Gasteiger partial charge is 0.504 e. The maximum Gasteiger partial charge on any atom is 0.160 e. The van der Waals surface area contributed by atoms with E-state index in [0.717, 1.165) is 38.2 Å². The number of nitrogens with one attached hydrogen (secondary N) is 1. The molecule has 100 valence electrons. The van der Waals surface area contributed by atoms with Crippen LogP contribution < -0.4 is 10.1 Å². The Morgan fingerprint density at radius 1 is 1.39 bits per heavy atom. The summed E-state index contributed by atoms with van der Waals surface area (Å²) in [4.78, 5) is 2.46. The molecule has 0 radical (unpaired) electrons. The highest BCUT2D eigenvalue weighted by Crippen LogP contribution is 2.29. The van der Waals surface area contributed by atoms with Crippen molar-refractivity contribution in [2.45, 2.75) is 25.8 Å². The Bertz CT molecular complexity index is 387. The van der Waals surface area contributed by atoms with Gasteiger partial charge in [0.25, 0.3) is 0 Å². The second-order valence-corrected chi connectivity index (χ2v) is 4.74. The summed E-state index contributed by atoms with van der Waals surface area (Å²) < 4.78 is 5.03. The van der Waals surface area contributed by atoms with Crippen LogP contribution in [0.2, 0.25) is 0 Å². The molecule has 1 heterocycles. The van der Waals surface area contributed by atoms with Gasteiger partial charge in [-0.25, -0.2) is 0 Å². The Labute approximate surface area is 109 Å². The lowest BCUT2D eigenvalue weighted by atomic mass is 10.0. The number of ether oxygens (including phenoxy) is 1. The zero-order valence-corrected chi connectivity index (χ0v) is 11.1. The zero-order chi connectivity index (χ0) is 13.0. The van der Waals surface area contributed by atoms with Crippen LogP contribution >= 0.6 is 0 Å². The molecule has 0 aromatic heterocycles. The number of hydrogen-bond acceptors (Lipinski definition) is 4. The SMILES string of the molecule is CCN1CCC(Nc2ccc(OC)c(O)c2)CC1. The number of methoxy groups -OCH3 is 1. The normalized spacial score (nSPS) is 17.7. The van der Waals surface area contributed by atoms with E-state index in [-0.39, 0.29) is 5.75 Å². The number of rotatable bonds is 4. The van der Waals surface area contributed by atoms with Gasteiger partial charge in [0.1, 0.15) is 0 Å². The Hall–Kier alpha value is -1.42. The predicted octanol–water partition coefficient (Wildman–Crippen LogP) is 2.30. The van der Waals surface area contributed by atoms with Gasteiger partial charge in [0.15, 0.2) is 11.5 Å². The first-order chi connectivity index (χ1) is 8.72. The van der Waals surface area contributed by atoms with Crippen LogP contribution in [0.5, 0.6) is 11.5 Å². The summed E-state index contributed by atoms with van der Waals surface area (Å²) in [6, 6.07) is 5.97. The minimum absolute atomic E-state index is 0.188. The number of piperidine rings is 1. The van der Waals surface area contributed by atoms with Crippen molar-refractivity contribution in [1.82, 2.24) is 4.90 Å². The van der Waals surface area contributed by atoms with Gasteiger partial charge in [-0.15, -0.1) is 0 Å². The third-order valence-corrected chi connectivity index (χ3v) is 3.58. The molecular formula is C14H22N2O2. The van der Waals surface area contributed by atoms with Crippen LogP contribution in [-0.2, 0) is 0 Å². The molecule has 4 nitrogen and oxygen atoms in total. The molecule has 1 aliphatic heterocycles. The molecule has 1 saturated heterocycles. The lowest BCUT2D eigenvalue weighted by Gasteiger charge is -2.32. The number of phenolic OH excluding ortho intramolecular Hbond substituents is 1. The van der Waals surface area contributed by atoms with Crippen LogP contribution in [0.3, 0.4) is 0 Å². The van der Waals surface area contributed by atoms with Crippen molar-refractivity contribution in [1.29, 1.82) is 0 Å². The van der Waals surface area contributed by atoms with Gasteiger partial charge in [-0.3, -0.25) is 0 Å². The first-order valence-corrected chi connectivity index (χ1v) is 6.58. The number of phenols is 1. The van der Waals surface area contributed by atoms with Crippen molar-refractivity contribution >= 4 is 5.69 Å². The lowest BCUT2D eigenvalue weighted by Crippen LogP contribution is -2.38. The van der Waals surface area contributed by atoms with Gasteiger partial charge in [0.2, 0.25) is 0 Å². The van der Waals surface area contributed by atoms with Crippen LogP contribution in [-0.4, -0.2) is 42.8 Å². The number of benzene rings is 1. The molecule has 0 atom stereocenters. The fourth-order valence-corrected chi connectivity index (χ4v) is 2.41. The van der Waals surface area contributed by atoms with Crippen LogP contribution in [0.4, 0.5) is 5.69 Å². The predicted molar refractivity (Wildman–Crippen MR) is 73.4 cm³/mol. The summed E-state index contributed by atoms with van der Waals surface area (Å²) in [6.45, 7) is 5.64. The van der Waals surface area contributed by atoms with E-state index >= 15 is 0 Å². The molecule has 2 rings (SSSR count). The molecule has 2 N–H and O–H groups in total. The Morgan fingerprint density at radius 3 is 2.67 bits per heavy atom. The number of aromatic hydroxyl groups is 1. The summed E-state index contributed by atoms with van der Waals surface area (Å²) in [5.41, 5.74) is 0.961. The first-order valence-electron chi connectivity index (χ1n) is 6.58. The molecule has 0 aliphatic carbocycles. The maximum atomic E-state index is 9.73. The fraction of sp³-hybridized carbons (Fsp3) is 0.571. The highest BCUT2D eigenvalue weighted by atomic mass is 16.5. The molecule has 0 bridgehead atoms. The summed E-state index contributed by atoms with van der Waals surface area (Å²) in [7, 11) is 1.56. The number of anilines is 1. The van der Waals surface area contributed by atoms with Gasteiger partial charge in [-0.1, -0.05) is 6.92 Å². The van der Waals surface area contributed by atoms with Crippen LogP contribution in [0.1, 0.15) is 19.8 Å². The summed E-state index contributed by atoms with van der Waals surface area (Å²) in [5.74, 6) is 0.704. The molecule has 1 aliphatic rings. The number of hydrogen-bond donors (Lipinski definition) is 2. The molecule has 1 aromatic rings. The molecule has 0 saturated carbocycles. The van der Waals surface area contributed by atoms with E-state index in [1.807, 2.05) is 6.07 Å². The van der Waals surface area contributed by atoms with E-state index < -0.39 is 0 Å². The highest BCUT2D eigenvalue weighted by Gasteiger charge is 2.17. The van der Waals surface area contributed by atoms with Gasteiger partial charge in [0.05, 0.1) is 7.11 Å². The highest BCUT2D eigenvalue weighted by molar-refractivity contribution is 5.54. The maximum absolute atomic E-state index is 9.73. The minimum Gasteiger partial charge on any atom is -0.504 e. The lowest BCUT2D eigenvalue weighted by molar-refractivity contribution is 0.229. The summed E-state index contributed by atoms with van der Waals surface area (Å²) in [6.07, 6.45) is 2.31. The van der Waals surface area contributed by atoms with Crippen LogP contribution in [0.25, 0.3) is 0 Å². The van der Waals surface area contributed by atoms with Gasteiger partial charge in [0, 0.05) is 30.9 Å². The van der Waals surface area contributed by atoms with Crippen molar-refractivity contribution < 1.29 is 9.84 Å². The average Bonchev–Trinajstić information content (AvgIpc) is 2.40. The fourth-order valence-electron chi connectivity index (χ4n) is 2.41. The molecule has 0 spiro atoms. The minimum atomic E-state index is 0.188. The molecule has 0 amide bonds. The molecule has 18 heavy (non-hydrogen) atoms. The third-order valence-electron chi connectivity index (χ3n) is 3.58. The van der Waals surface area contributed by atoms with Gasteiger partial charge in [-0.05, 0) is 31.5 Å². The number of nitrogens with zero attached hydrogens (tertiary/aromatic N) is 1. The van der Waals surface area contributed by atoms with E-state index in [9.17, 15) is 5.11 Å². The van der Waals surface area contributed by atoms with E-state index in [1.165, 1.54) is 0 Å². The smallest absolute Gasteiger partial charge is 0.160 e. The summed E-state index contributed by atoms with van der Waals surface area (Å²) >= 11 is 0. The summed E-state index contributed by atoms with van der Waals surface area (Å²) in [5, 5.41) is 13.2. The Morgan fingerprint density at radius 2 is 2.11 bits per heavy atom. The second-order valence-electron chi connectivity index (χ2n) is 4.74. The average molecular weight is 250 g/mol. The molecule has 1 fully saturated rings. The van der Waals surface area contributed by atoms with Crippen molar-refractivity contribution in [3.63, 3.8) is 0 Å². The first kappa shape index (κ1) is 13.0. The monoisotopic (exact) mass is 250 g/mol. The second kappa shape index (κ2) is 5.96. The van der Waals surface area contributed by atoms with Gasteiger partial charge >= 0.3 is 0 Å². The van der Waals surface area contributed by atoms with Gasteiger partial charge in [-0.2, -0.15) is 0 Å². The van der Waals surface area contributed by atoms with E-state index in [4.69, 9.17) is 4.74 Å². The van der Waals surface area contributed by atoms with Crippen molar-refractivity contribution in [3.05, 3.63) is 18.2 Å². The quantitative estimate of drug-likeness (QED) is 0.860. The van der Waals surface area contributed by atoms with Crippen LogP contribution in [0.15, 0.2) is 18.2 Å². The van der Waals surface area contributed by atoms with E-state index in [2.05, 4.69) is 17.1 Å². The van der Waals surface area contributed by atoms with E-state index in [1.54, 1.807) is 19.2 Å². The van der Waals surface area contributed by atoms with Crippen LogP contribution in [0, 0.1) is 0 Å². The molecular weight excluding hydrogens is 228 g/mol. The van der Waals surface area contributed by atoms with Gasteiger partial charge < -0.3 is 20.1 Å². The zero-order valence-electron chi connectivity index (χ0n) is 11.1. The standard InChI is InChI=1S/C14H22N2O2/c1-3-16-8-6-11(7-9-16)15-12-4-5-14(18-2)13(17)10-12/h4-5,10-11,15,17H,3,6-9H2,1-2H3. The molecule has 0 unspecified atom stereocenters. The van der Waals surface area contributed by atoms with Crippen molar-refractivity contribution in [2.75, 3.05) is 32.1 Å². The number of likely N-dealkylation sites (tertiary alicyclic amines) is 1. The van der Waals surface area contributed by atoms with Crippen molar-refractivity contribution in [2.24, 2.45) is 0 Å². The molecule has 4 heteroatoms. The van der Waals surface area contributed by atoms with Crippen molar-refractivity contribution in [3.8, 4) is 11.5 Å². The topological polar surface area (TPSA) is 44.7 Å². The molecule has 1 aromatic carbocycles.